The molecular weight excluding hydrogens is 480 g/mol. The van der Waals surface area contributed by atoms with Gasteiger partial charge in [-0.15, -0.1) is 0 Å². The molecule has 0 atom stereocenters. The molecule has 4 N–H and O–H groups in total. The van der Waals surface area contributed by atoms with Crippen molar-refractivity contribution in [2.75, 3.05) is 24.1 Å². The van der Waals surface area contributed by atoms with Gasteiger partial charge in [0.2, 0.25) is 0 Å². The normalized spacial score (nSPS) is 14.9. The highest BCUT2D eigenvalue weighted by atomic mass is 16.4. The lowest BCUT2D eigenvalue weighted by Crippen LogP contribution is -2.38. The predicted molar refractivity (Wildman–Crippen MR) is 150 cm³/mol. The molecule has 2 amide bonds. The van der Waals surface area contributed by atoms with Gasteiger partial charge in [-0.1, -0.05) is 53.7 Å². The highest BCUT2D eigenvalue weighted by molar-refractivity contribution is 6.07. The Hall–Kier alpha value is -3.88. The maximum atomic E-state index is 13.2. The summed E-state index contributed by atoms with van der Waals surface area (Å²) in [5.41, 5.74) is 10.6. The van der Waals surface area contributed by atoms with Gasteiger partial charge in [0, 0.05) is 47.7 Å². The molecule has 1 aromatic carbocycles. The van der Waals surface area contributed by atoms with Crippen LogP contribution in [-0.2, 0) is 10.8 Å². The molecule has 9 heteroatoms. The lowest BCUT2D eigenvalue weighted by molar-refractivity contribution is 0.102. The summed E-state index contributed by atoms with van der Waals surface area (Å²) in [5.74, 6) is -0.172. The Morgan fingerprint density at radius 2 is 1.66 bits per heavy atom. The number of nitrogen functional groups attached to an aromatic ring is 1. The third-order valence-electron chi connectivity index (χ3n) is 7.03. The van der Waals surface area contributed by atoms with E-state index >= 15 is 0 Å². The summed E-state index contributed by atoms with van der Waals surface area (Å²) in [6.07, 6.45) is 4.16. The SMILES string of the molecule is CC(C)(C)c1ccc(NC(=O)c2cc(-c3cn(C4CCN(C(=O)O)CC4)nc3C(C)(C)C)cnc2N)cc1. The van der Waals surface area contributed by atoms with Crippen LogP contribution in [-0.4, -0.2) is 49.9 Å². The van der Waals surface area contributed by atoms with Crippen molar-refractivity contribution in [2.45, 2.75) is 71.3 Å². The first-order valence-electron chi connectivity index (χ1n) is 13.0. The number of rotatable bonds is 4. The number of carboxylic acid groups (broad SMARTS) is 1. The molecule has 4 rings (SSSR count). The molecular formula is C29H38N6O3. The van der Waals surface area contributed by atoms with E-state index in [1.807, 2.05) is 35.1 Å². The van der Waals surface area contributed by atoms with Gasteiger partial charge in [-0.3, -0.25) is 9.48 Å². The Labute approximate surface area is 224 Å². The second kappa shape index (κ2) is 10.1. The minimum atomic E-state index is -0.885. The van der Waals surface area contributed by atoms with E-state index < -0.39 is 6.09 Å². The summed E-state index contributed by atoms with van der Waals surface area (Å²) in [6.45, 7) is 13.7. The van der Waals surface area contributed by atoms with E-state index in [9.17, 15) is 14.7 Å². The standard InChI is InChI=1S/C29H38N6O3/c1-28(2,3)19-7-9-20(10-8-19)32-26(36)22-15-18(16-31-25(22)30)23-17-35(33-24(23)29(4,5)6)21-11-13-34(14-12-21)27(37)38/h7-10,15-17,21H,11-14H2,1-6H3,(H2,30,31)(H,32,36)(H,37,38). The topological polar surface area (TPSA) is 126 Å². The van der Waals surface area contributed by atoms with E-state index in [2.05, 4.69) is 51.8 Å². The number of hydrogen-bond acceptors (Lipinski definition) is 5. The molecule has 38 heavy (non-hydrogen) atoms. The van der Waals surface area contributed by atoms with Gasteiger partial charge in [0.15, 0.2) is 0 Å². The number of carbonyl (C=O) groups is 2. The number of nitrogens with one attached hydrogen (secondary N) is 1. The van der Waals surface area contributed by atoms with Crippen LogP contribution in [0.15, 0.2) is 42.7 Å². The molecule has 3 heterocycles. The van der Waals surface area contributed by atoms with Gasteiger partial charge in [0.05, 0.1) is 17.3 Å². The number of carbonyl (C=O) groups excluding carboxylic acids is 1. The maximum Gasteiger partial charge on any atom is 0.407 e. The number of nitrogens with two attached hydrogens (primary N) is 1. The Morgan fingerprint density at radius 3 is 2.21 bits per heavy atom. The van der Waals surface area contributed by atoms with E-state index in [1.165, 1.54) is 10.5 Å². The van der Waals surface area contributed by atoms with Gasteiger partial charge < -0.3 is 21.1 Å². The average Bonchev–Trinajstić information content (AvgIpc) is 3.30. The fourth-order valence-corrected chi connectivity index (χ4v) is 4.72. The van der Waals surface area contributed by atoms with Crippen LogP contribution in [0, 0.1) is 0 Å². The lowest BCUT2D eigenvalue weighted by Gasteiger charge is -2.30. The summed E-state index contributed by atoms with van der Waals surface area (Å²) < 4.78 is 1.95. The van der Waals surface area contributed by atoms with Gasteiger partial charge >= 0.3 is 6.09 Å². The average molecular weight is 519 g/mol. The number of aromatic nitrogens is 3. The predicted octanol–water partition coefficient (Wildman–Crippen LogP) is 5.69. The van der Waals surface area contributed by atoms with Gasteiger partial charge in [-0.2, -0.15) is 5.10 Å². The number of pyridine rings is 1. The molecule has 0 radical (unpaired) electrons. The van der Waals surface area contributed by atoms with Crippen molar-refractivity contribution in [2.24, 2.45) is 0 Å². The molecule has 0 unspecified atom stereocenters. The molecule has 1 fully saturated rings. The van der Waals surface area contributed by atoms with Crippen LogP contribution in [0.3, 0.4) is 0 Å². The second-order valence-corrected chi connectivity index (χ2v) is 12.1. The van der Waals surface area contributed by atoms with E-state index in [-0.39, 0.29) is 28.6 Å². The molecule has 0 bridgehead atoms. The van der Waals surface area contributed by atoms with Crippen LogP contribution in [0.1, 0.15) is 82.0 Å². The Morgan fingerprint density at radius 1 is 1.03 bits per heavy atom. The van der Waals surface area contributed by atoms with Gasteiger partial charge in [0.25, 0.3) is 5.91 Å². The molecule has 1 aliphatic heterocycles. The molecule has 3 aromatic rings. The molecule has 0 spiro atoms. The molecule has 9 nitrogen and oxygen atoms in total. The summed E-state index contributed by atoms with van der Waals surface area (Å²) in [7, 11) is 0. The Bertz CT molecular complexity index is 1320. The summed E-state index contributed by atoms with van der Waals surface area (Å²) in [5, 5.41) is 17.2. The molecule has 1 saturated heterocycles. The van der Waals surface area contributed by atoms with Gasteiger partial charge in [-0.05, 0) is 42.0 Å². The van der Waals surface area contributed by atoms with Gasteiger partial charge in [0.1, 0.15) is 5.82 Å². The lowest BCUT2D eigenvalue weighted by atomic mass is 9.87. The fourth-order valence-electron chi connectivity index (χ4n) is 4.72. The number of amides is 2. The quantitative estimate of drug-likeness (QED) is 0.407. The number of nitrogens with zero attached hydrogens (tertiary/aromatic N) is 4. The van der Waals surface area contributed by atoms with Crippen LogP contribution >= 0.6 is 0 Å². The first-order chi connectivity index (χ1) is 17.7. The zero-order valence-electron chi connectivity index (χ0n) is 23.1. The van der Waals surface area contributed by atoms with Crippen molar-refractivity contribution in [1.29, 1.82) is 0 Å². The third-order valence-corrected chi connectivity index (χ3v) is 7.03. The molecule has 1 aliphatic rings. The summed E-state index contributed by atoms with van der Waals surface area (Å²) in [6, 6.07) is 9.68. The van der Waals surface area contributed by atoms with Crippen molar-refractivity contribution in [3.63, 3.8) is 0 Å². The van der Waals surface area contributed by atoms with Crippen molar-refractivity contribution in [1.82, 2.24) is 19.7 Å². The van der Waals surface area contributed by atoms with Gasteiger partial charge in [-0.25, -0.2) is 9.78 Å². The zero-order chi connectivity index (χ0) is 27.8. The number of likely N-dealkylation sites (tertiary alicyclic amines) is 1. The maximum absolute atomic E-state index is 13.2. The molecule has 2 aromatic heterocycles. The number of benzene rings is 1. The van der Waals surface area contributed by atoms with Crippen molar-refractivity contribution in [3.05, 3.63) is 59.5 Å². The minimum absolute atomic E-state index is 0.0215. The highest BCUT2D eigenvalue weighted by Gasteiger charge is 2.29. The summed E-state index contributed by atoms with van der Waals surface area (Å²) >= 11 is 0. The van der Waals surface area contributed by atoms with Crippen LogP contribution in [0.2, 0.25) is 0 Å². The van der Waals surface area contributed by atoms with E-state index in [0.717, 1.165) is 16.8 Å². The van der Waals surface area contributed by atoms with Crippen LogP contribution in [0.4, 0.5) is 16.3 Å². The largest absolute Gasteiger partial charge is 0.465 e. The monoisotopic (exact) mass is 518 g/mol. The molecule has 202 valence electrons. The molecule has 0 aliphatic carbocycles. The number of anilines is 2. The van der Waals surface area contributed by atoms with E-state index in [4.69, 9.17) is 10.8 Å². The highest BCUT2D eigenvalue weighted by Crippen LogP contribution is 2.35. The van der Waals surface area contributed by atoms with E-state index in [0.29, 0.717) is 37.2 Å². The number of piperidine rings is 1. The first kappa shape index (κ1) is 27.2. The van der Waals surface area contributed by atoms with Crippen LogP contribution in [0.5, 0.6) is 0 Å². The van der Waals surface area contributed by atoms with Crippen LogP contribution < -0.4 is 11.1 Å². The van der Waals surface area contributed by atoms with Crippen LogP contribution in [0.25, 0.3) is 11.1 Å². The fraction of sp³-hybridized carbons (Fsp3) is 0.448. The van der Waals surface area contributed by atoms with Crippen molar-refractivity contribution in [3.8, 4) is 11.1 Å². The van der Waals surface area contributed by atoms with Crippen molar-refractivity contribution < 1.29 is 14.7 Å². The Kier molecular flexibility index (Phi) is 7.23. The second-order valence-electron chi connectivity index (χ2n) is 12.1. The Balaban J connectivity index is 1.62. The smallest absolute Gasteiger partial charge is 0.407 e. The summed E-state index contributed by atoms with van der Waals surface area (Å²) in [4.78, 5) is 30.3. The third kappa shape index (κ3) is 5.82. The van der Waals surface area contributed by atoms with E-state index in [1.54, 1.807) is 12.3 Å². The van der Waals surface area contributed by atoms with Crippen molar-refractivity contribution >= 4 is 23.5 Å². The minimum Gasteiger partial charge on any atom is -0.465 e. The zero-order valence-corrected chi connectivity index (χ0v) is 23.1. The molecule has 0 saturated carbocycles. The number of hydrogen-bond donors (Lipinski definition) is 3. The first-order valence-corrected chi connectivity index (χ1v) is 13.0.